The van der Waals surface area contributed by atoms with Crippen molar-refractivity contribution in [1.29, 1.82) is 0 Å². The molecule has 2 rings (SSSR count). The van der Waals surface area contributed by atoms with Crippen molar-refractivity contribution >= 4 is 18.3 Å². The van der Waals surface area contributed by atoms with E-state index in [4.69, 9.17) is 14.2 Å². The van der Waals surface area contributed by atoms with Crippen molar-refractivity contribution in [3.05, 3.63) is 17.7 Å². The first-order valence-electron chi connectivity index (χ1n) is 7.94. The maximum absolute atomic E-state index is 12.4. The number of amides is 1. The average molecular weight is 359 g/mol. The van der Waals surface area contributed by atoms with Crippen molar-refractivity contribution in [3.63, 3.8) is 0 Å². The molecule has 0 radical (unpaired) electrons. The Hall–Kier alpha value is -1.66. The van der Waals surface area contributed by atoms with Gasteiger partial charge in [0, 0.05) is 0 Å². The Morgan fingerprint density at radius 2 is 1.79 bits per heavy atom. The van der Waals surface area contributed by atoms with Crippen LogP contribution in [0.1, 0.15) is 37.8 Å². The maximum atomic E-state index is 12.4. The maximum Gasteiger partial charge on any atom is 0.237 e. The van der Waals surface area contributed by atoms with Gasteiger partial charge in [-0.3, -0.25) is 4.79 Å². The molecule has 6 nitrogen and oxygen atoms in total. The number of rotatable bonds is 6. The topological polar surface area (TPSA) is 68.8 Å². The van der Waals surface area contributed by atoms with Crippen LogP contribution in [0, 0.1) is 0 Å². The summed E-state index contributed by atoms with van der Waals surface area (Å²) >= 11 is 0. The van der Waals surface area contributed by atoms with Crippen LogP contribution in [0.4, 0.5) is 0 Å². The van der Waals surface area contributed by atoms with Crippen molar-refractivity contribution in [2.75, 3.05) is 27.9 Å². The van der Waals surface area contributed by atoms with Gasteiger partial charge in [-0.2, -0.15) is 0 Å². The Morgan fingerprint density at radius 3 is 2.25 bits per heavy atom. The van der Waals surface area contributed by atoms with E-state index in [2.05, 4.69) is 10.6 Å². The third-order valence-corrected chi connectivity index (χ3v) is 4.17. The molecular formula is C17H27ClN2O4. The summed E-state index contributed by atoms with van der Waals surface area (Å²) in [4.78, 5) is 12.4. The fourth-order valence-electron chi connectivity index (χ4n) is 2.82. The number of piperidine rings is 1. The van der Waals surface area contributed by atoms with Gasteiger partial charge in [0.05, 0.1) is 33.4 Å². The van der Waals surface area contributed by atoms with Gasteiger partial charge >= 0.3 is 0 Å². The minimum Gasteiger partial charge on any atom is -0.493 e. The SMILES string of the molecule is COc1cc(C(C)NC(=O)C2CCCCN2)cc(OC)c1OC.Cl. The molecule has 0 bridgehead atoms. The normalized spacial score (nSPS) is 18.1. The number of hydrogen-bond donors (Lipinski definition) is 2. The molecule has 2 unspecified atom stereocenters. The summed E-state index contributed by atoms with van der Waals surface area (Å²) in [5, 5.41) is 6.31. The van der Waals surface area contributed by atoms with Gasteiger partial charge < -0.3 is 24.8 Å². The summed E-state index contributed by atoms with van der Waals surface area (Å²) in [6, 6.07) is 3.47. The molecule has 1 aromatic carbocycles. The van der Waals surface area contributed by atoms with Crippen LogP contribution in [0.25, 0.3) is 0 Å². The minimum absolute atomic E-state index is 0. The zero-order valence-corrected chi connectivity index (χ0v) is 15.5. The fraction of sp³-hybridized carbons (Fsp3) is 0.588. The van der Waals surface area contributed by atoms with Crippen LogP contribution in [0.2, 0.25) is 0 Å². The second-order valence-electron chi connectivity index (χ2n) is 5.69. The number of halogens is 1. The number of methoxy groups -OCH3 is 3. The molecule has 0 aromatic heterocycles. The van der Waals surface area contributed by atoms with Crippen molar-refractivity contribution in [2.24, 2.45) is 0 Å². The van der Waals surface area contributed by atoms with E-state index in [1.165, 1.54) is 0 Å². The minimum atomic E-state index is -0.153. The van der Waals surface area contributed by atoms with Crippen LogP contribution in [0.3, 0.4) is 0 Å². The molecule has 1 aromatic rings. The van der Waals surface area contributed by atoms with Crippen molar-refractivity contribution in [1.82, 2.24) is 10.6 Å². The monoisotopic (exact) mass is 358 g/mol. The van der Waals surface area contributed by atoms with Gasteiger partial charge in [0.1, 0.15) is 0 Å². The standard InChI is InChI=1S/C17H26N2O4.ClH/c1-11(19-17(20)13-7-5-6-8-18-13)12-9-14(21-2)16(23-4)15(10-12)22-3;/h9-11,13,18H,5-8H2,1-4H3,(H,19,20);1H. The van der Waals surface area contributed by atoms with Crippen LogP contribution in [0.15, 0.2) is 12.1 Å². The van der Waals surface area contributed by atoms with Gasteiger partial charge in [-0.25, -0.2) is 0 Å². The van der Waals surface area contributed by atoms with Crippen LogP contribution in [-0.2, 0) is 4.79 Å². The van der Waals surface area contributed by atoms with E-state index < -0.39 is 0 Å². The second-order valence-corrected chi connectivity index (χ2v) is 5.69. The lowest BCUT2D eigenvalue weighted by Gasteiger charge is -2.25. The summed E-state index contributed by atoms with van der Waals surface area (Å²) in [5.41, 5.74) is 0.906. The molecule has 2 atom stereocenters. The highest BCUT2D eigenvalue weighted by Crippen LogP contribution is 2.39. The van der Waals surface area contributed by atoms with E-state index in [0.29, 0.717) is 17.2 Å². The van der Waals surface area contributed by atoms with Crippen molar-refractivity contribution < 1.29 is 19.0 Å². The first-order valence-corrected chi connectivity index (χ1v) is 7.94. The number of carbonyl (C=O) groups excluding carboxylic acids is 1. The molecule has 24 heavy (non-hydrogen) atoms. The number of ether oxygens (including phenoxy) is 3. The lowest BCUT2D eigenvalue weighted by atomic mass is 10.0. The molecule has 1 saturated heterocycles. The molecule has 0 aliphatic carbocycles. The molecule has 1 amide bonds. The Kier molecular flexibility index (Phi) is 8.15. The summed E-state index contributed by atoms with van der Waals surface area (Å²) in [6.45, 7) is 2.85. The average Bonchev–Trinajstić information content (AvgIpc) is 2.60. The third kappa shape index (κ3) is 4.68. The molecule has 1 aliphatic heterocycles. The lowest BCUT2D eigenvalue weighted by molar-refractivity contribution is -0.124. The summed E-state index contributed by atoms with van der Waals surface area (Å²) in [5.74, 6) is 1.75. The summed E-state index contributed by atoms with van der Waals surface area (Å²) < 4.78 is 16.0. The molecule has 2 N–H and O–H groups in total. The van der Waals surface area contributed by atoms with Gasteiger partial charge in [0.15, 0.2) is 11.5 Å². The quantitative estimate of drug-likeness (QED) is 0.817. The van der Waals surface area contributed by atoms with Gasteiger partial charge in [0.2, 0.25) is 11.7 Å². The van der Waals surface area contributed by atoms with E-state index in [1.54, 1.807) is 21.3 Å². The van der Waals surface area contributed by atoms with E-state index in [0.717, 1.165) is 31.4 Å². The van der Waals surface area contributed by atoms with Crippen LogP contribution in [-0.4, -0.2) is 39.8 Å². The van der Waals surface area contributed by atoms with Crippen molar-refractivity contribution in [2.45, 2.75) is 38.3 Å². The Labute approximate surface area is 149 Å². The molecule has 1 fully saturated rings. The zero-order valence-electron chi connectivity index (χ0n) is 14.7. The largest absolute Gasteiger partial charge is 0.493 e. The van der Waals surface area contributed by atoms with E-state index in [1.807, 2.05) is 19.1 Å². The van der Waals surface area contributed by atoms with Crippen LogP contribution < -0.4 is 24.8 Å². The summed E-state index contributed by atoms with van der Waals surface area (Å²) in [7, 11) is 4.73. The molecule has 1 aliphatic rings. The number of benzene rings is 1. The highest BCUT2D eigenvalue weighted by molar-refractivity contribution is 5.85. The number of carbonyl (C=O) groups is 1. The van der Waals surface area contributed by atoms with E-state index in [-0.39, 0.29) is 30.4 Å². The van der Waals surface area contributed by atoms with Gasteiger partial charge in [-0.05, 0) is 44.0 Å². The summed E-state index contributed by atoms with van der Waals surface area (Å²) in [6.07, 6.45) is 3.10. The van der Waals surface area contributed by atoms with Crippen LogP contribution >= 0.6 is 12.4 Å². The smallest absolute Gasteiger partial charge is 0.237 e. The van der Waals surface area contributed by atoms with E-state index >= 15 is 0 Å². The third-order valence-electron chi connectivity index (χ3n) is 4.17. The molecular weight excluding hydrogens is 332 g/mol. The predicted octanol–water partition coefficient (Wildman–Crippen LogP) is 2.45. The number of nitrogens with one attached hydrogen (secondary N) is 2. The zero-order chi connectivity index (χ0) is 16.8. The Bertz CT molecular complexity index is 522. The Balaban J connectivity index is 0.00000288. The number of hydrogen-bond acceptors (Lipinski definition) is 5. The Morgan fingerprint density at radius 1 is 1.17 bits per heavy atom. The van der Waals surface area contributed by atoms with Gasteiger partial charge in [-0.1, -0.05) is 6.42 Å². The molecule has 7 heteroatoms. The van der Waals surface area contributed by atoms with Crippen LogP contribution in [0.5, 0.6) is 17.2 Å². The van der Waals surface area contributed by atoms with Gasteiger partial charge in [-0.15, -0.1) is 12.4 Å². The molecule has 0 spiro atoms. The molecule has 0 saturated carbocycles. The van der Waals surface area contributed by atoms with E-state index in [9.17, 15) is 4.79 Å². The second kappa shape index (κ2) is 9.59. The predicted molar refractivity (Wildman–Crippen MR) is 95.5 cm³/mol. The first-order chi connectivity index (χ1) is 11.1. The molecule has 136 valence electrons. The highest BCUT2D eigenvalue weighted by atomic mass is 35.5. The first kappa shape index (κ1) is 20.4. The highest BCUT2D eigenvalue weighted by Gasteiger charge is 2.23. The fourth-order valence-corrected chi connectivity index (χ4v) is 2.82. The van der Waals surface area contributed by atoms with Gasteiger partial charge in [0.25, 0.3) is 0 Å². The lowest BCUT2D eigenvalue weighted by Crippen LogP contribution is -2.47. The van der Waals surface area contributed by atoms with Crippen molar-refractivity contribution in [3.8, 4) is 17.2 Å². The molecule has 1 heterocycles.